The molecule has 0 saturated carbocycles. The first-order valence-corrected chi connectivity index (χ1v) is 10.3. The first kappa shape index (κ1) is 25.1. The first-order chi connectivity index (χ1) is 10.8. The van der Waals surface area contributed by atoms with Gasteiger partial charge in [-0.2, -0.15) is 0 Å². The Morgan fingerprint density at radius 2 is 0.913 bits per heavy atom. The van der Waals surface area contributed by atoms with Crippen molar-refractivity contribution in [2.45, 2.75) is 123 Å². The van der Waals surface area contributed by atoms with E-state index in [-0.39, 0.29) is 11.7 Å². The molecule has 0 heterocycles. The number of aliphatic hydroxyl groups excluding tert-OH is 1. The number of quaternary nitrogens is 1. The number of unbranched alkanes of at least 4 members (excludes halogenated alkanes) is 15. The van der Waals surface area contributed by atoms with Crippen molar-refractivity contribution in [3.05, 3.63) is 0 Å². The Labute approximate surface area is 145 Å². The van der Waals surface area contributed by atoms with Crippen molar-refractivity contribution >= 4 is 0 Å². The molecular weight excluding hydrogens is 286 g/mol. The quantitative estimate of drug-likeness (QED) is 0.275. The SMILES string of the molecule is CCCCCCCCCCCCCCCCCC[NH2+]C(C)O.[OH-]. The molecule has 1 unspecified atom stereocenters. The van der Waals surface area contributed by atoms with Gasteiger partial charge in [0, 0.05) is 6.92 Å². The second-order valence-electron chi connectivity index (χ2n) is 7.07. The molecule has 142 valence electrons. The van der Waals surface area contributed by atoms with E-state index in [0.717, 1.165) is 6.54 Å². The number of aliphatic hydroxyl groups is 1. The molecule has 0 fully saturated rings. The molecule has 0 radical (unpaired) electrons. The average molecular weight is 332 g/mol. The minimum absolute atomic E-state index is 0. The lowest BCUT2D eigenvalue weighted by atomic mass is 10.0. The zero-order valence-corrected chi connectivity index (χ0v) is 16.1. The van der Waals surface area contributed by atoms with Crippen LogP contribution in [0.3, 0.4) is 0 Å². The van der Waals surface area contributed by atoms with Crippen LogP contribution in [0.15, 0.2) is 0 Å². The van der Waals surface area contributed by atoms with E-state index in [0.29, 0.717) is 0 Å². The van der Waals surface area contributed by atoms with Gasteiger partial charge in [0.15, 0.2) is 6.23 Å². The molecule has 0 aliphatic rings. The smallest absolute Gasteiger partial charge is 0.184 e. The van der Waals surface area contributed by atoms with Crippen molar-refractivity contribution in [2.75, 3.05) is 6.54 Å². The molecule has 3 nitrogen and oxygen atoms in total. The number of hydrogen-bond acceptors (Lipinski definition) is 2. The Bertz CT molecular complexity index is 198. The molecule has 0 aromatic rings. The molecule has 4 N–H and O–H groups in total. The van der Waals surface area contributed by atoms with Crippen LogP contribution < -0.4 is 5.32 Å². The minimum Gasteiger partial charge on any atom is -0.870 e. The number of hydrogen-bond donors (Lipinski definition) is 2. The molecule has 0 amide bonds. The second-order valence-corrected chi connectivity index (χ2v) is 7.07. The van der Waals surface area contributed by atoms with Gasteiger partial charge in [0.1, 0.15) is 0 Å². The summed E-state index contributed by atoms with van der Waals surface area (Å²) in [5.74, 6) is 0. The van der Waals surface area contributed by atoms with Gasteiger partial charge in [-0.05, 0) is 12.8 Å². The van der Waals surface area contributed by atoms with Crippen molar-refractivity contribution in [2.24, 2.45) is 0 Å². The fraction of sp³-hybridized carbons (Fsp3) is 1.00. The van der Waals surface area contributed by atoms with E-state index in [1.807, 2.05) is 12.2 Å². The molecule has 23 heavy (non-hydrogen) atoms. The lowest BCUT2D eigenvalue weighted by Crippen LogP contribution is -2.89. The van der Waals surface area contributed by atoms with Crippen molar-refractivity contribution in [1.82, 2.24) is 0 Å². The van der Waals surface area contributed by atoms with E-state index in [1.54, 1.807) is 0 Å². The zero-order valence-electron chi connectivity index (χ0n) is 16.1. The summed E-state index contributed by atoms with van der Waals surface area (Å²) < 4.78 is 0. The number of rotatable bonds is 18. The van der Waals surface area contributed by atoms with E-state index in [9.17, 15) is 0 Å². The van der Waals surface area contributed by atoms with Crippen LogP contribution in [0.1, 0.15) is 117 Å². The summed E-state index contributed by atoms with van der Waals surface area (Å²) in [4.78, 5) is 0. The first-order valence-electron chi connectivity index (χ1n) is 10.3. The lowest BCUT2D eigenvalue weighted by Gasteiger charge is -2.04. The highest BCUT2D eigenvalue weighted by molar-refractivity contribution is 4.49. The summed E-state index contributed by atoms with van der Waals surface area (Å²) in [6, 6.07) is 0. The Hall–Kier alpha value is -0.120. The van der Waals surface area contributed by atoms with E-state index >= 15 is 0 Å². The van der Waals surface area contributed by atoms with E-state index < -0.39 is 0 Å². The summed E-state index contributed by atoms with van der Waals surface area (Å²) in [7, 11) is 0. The molecule has 0 aliphatic carbocycles. The summed E-state index contributed by atoms with van der Waals surface area (Å²) >= 11 is 0. The van der Waals surface area contributed by atoms with Gasteiger partial charge in [0.2, 0.25) is 0 Å². The molecule has 0 aromatic carbocycles. The van der Waals surface area contributed by atoms with Gasteiger partial charge in [-0.3, -0.25) is 0 Å². The summed E-state index contributed by atoms with van der Waals surface area (Å²) in [6.07, 6.45) is 22.5. The fourth-order valence-corrected chi connectivity index (χ4v) is 3.05. The van der Waals surface area contributed by atoms with Gasteiger partial charge in [-0.25, -0.2) is 0 Å². The molecule has 0 aromatic heterocycles. The molecule has 0 spiro atoms. The van der Waals surface area contributed by atoms with Crippen LogP contribution >= 0.6 is 0 Å². The van der Waals surface area contributed by atoms with E-state index in [4.69, 9.17) is 5.11 Å². The zero-order chi connectivity index (χ0) is 16.3. The minimum atomic E-state index is -0.226. The lowest BCUT2D eigenvalue weighted by molar-refractivity contribution is -0.720. The maximum Gasteiger partial charge on any atom is 0.184 e. The standard InChI is InChI=1S/C20H43NO.H2O/c1-3-4-5-6-7-8-9-10-11-12-13-14-15-16-17-18-19-21-20(2)22;/h20-22H,3-19H2,1-2H3;1H2. The Morgan fingerprint density at radius 3 is 1.22 bits per heavy atom. The van der Waals surface area contributed by atoms with Crippen LogP contribution in [0.25, 0.3) is 0 Å². The molecule has 1 atom stereocenters. The normalized spacial score (nSPS) is 12.1. The third kappa shape index (κ3) is 24.3. The van der Waals surface area contributed by atoms with Crippen molar-refractivity contribution < 1.29 is 15.9 Å². The molecule has 0 bridgehead atoms. The monoisotopic (exact) mass is 331 g/mol. The second kappa shape index (κ2) is 21.9. The Morgan fingerprint density at radius 1 is 0.609 bits per heavy atom. The maximum absolute atomic E-state index is 9.12. The largest absolute Gasteiger partial charge is 0.870 e. The summed E-state index contributed by atoms with van der Waals surface area (Å²) in [5.41, 5.74) is 0. The van der Waals surface area contributed by atoms with Crippen molar-refractivity contribution in [3.8, 4) is 0 Å². The average Bonchev–Trinajstić information content (AvgIpc) is 2.50. The highest BCUT2D eigenvalue weighted by atomic mass is 16.3. The van der Waals surface area contributed by atoms with E-state index in [2.05, 4.69) is 6.92 Å². The third-order valence-corrected chi connectivity index (χ3v) is 4.57. The summed E-state index contributed by atoms with van der Waals surface area (Å²) in [6.45, 7) is 5.21. The summed E-state index contributed by atoms with van der Waals surface area (Å²) in [5, 5.41) is 11.1. The maximum atomic E-state index is 9.12. The predicted octanol–water partition coefficient (Wildman–Crippen LogP) is 4.97. The molecule has 0 rings (SSSR count). The van der Waals surface area contributed by atoms with Crippen LogP contribution in [-0.4, -0.2) is 23.4 Å². The van der Waals surface area contributed by atoms with Crippen molar-refractivity contribution in [3.63, 3.8) is 0 Å². The topological polar surface area (TPSA) is 66.8 Å². The molecular formula is C20H45NO2. The fourth-order valence-electron chi connectivity index (χ4n) is 3.05. The van der Waals surface area contributed by atoms with Crippen LogP contribution in [-0.2, 0) is 0 Å². The van der Waals surface area contributed by atoms with Gasteiger partial charge < -0.3 is 15.9 Å². The highest BCUT2D eigenvalue weighted by Gasteiger charge is 1.97. The Balaban J connectivity index is 0. The van der Waals surface area contributed by atoms with Gasteiger partial charge >= 0.3 is 0 Å². The van der Waals surface area contributed by atoms with E-state index in [1.165, 1.54) is 103 Å². The predicted molar refractivity (Wildman–Crippen MR) is 100.0 cm³/mol. The highest BCUT2D eigenvalue weighted by Crippen LogP contribution is 2.13. The molecule has 0 saturated heterocycles. The number of nitrogens with two attached hydrogens (primary N) is 1. The van der Waals surface area contributed by atoms with Gasteiger partial charge in [-0.15, -0.1) is 0 Å². The Kier molecular flexibility index (Phi) is 23.9. The van der Waals surface area contributed by atoms with Crippen LogP contribution in [0, 0.1) is 0 Å². The van der Waals surface area contributed by atoms with Crippen LogP contribution in [0.5, 0.6) is 0 Å². The van der Waals surface area contributed by atoms with Crippen LogP contribution in [0.2, 0.25) is 0 Å². The van der Waals surface area contributed by atoms with Gasteiger partial charge in [-0.1, -0.05) is 96.8 Å². The molecule has 0 aliphatic heterocycles. The van der Waals surface area contributed by atoms with Crippen molar-refractivity contribution in [1.29, 1.82) is 0 Å². The van der Waals surface area contributed by atoms with Crippen LogP contribution in [0.4, 0.5) is 0 Å². The van der Waals surface area contributed by atoms with Gasteiger partial charge in [0.25, 0.3) is 0 Å². The molecule has 3 heteroatoms. The van der Waals surface area contributed by atoms with Gasteiger partial charge in [0.05, 0.1) is 6.54 Å². The third-order valence-electron chi connectivity index (χ3n) is 4.57.